The molecular weight excluding hydrogens is 405 g/mol. The number of hydrogen-bond donors (Lipinski definition) is 2. The SMILES string of the molecule is C/C=C/C1=CC(Nc2nc(/C=C/c3cccc(F)c3)nc(NCc3ccncc3)n2)=NC1. The molecule has 3 aromatic rings. The summed E-state index contributed by atoms with van der Waals surface area (Å²) in [5.41, 5.74) is 2.86. The van der Waals surface area contributed by atoms with Crippen LogP contribution in [0.1, 0.15) is 23.9 Å². The topological polar surface area (TPSA) is 88.0 Å². The monoisotopic (exact) mass is 427 g/mol. The maximum atomic E-state index is 13.5. The van der Waals surface area contributed by atoms with Gasteiger partial charge in [0.25, 0.3) is 0 Å². The summed E-state index contributed by atoms with van der Waals surface area (Å²) in [5.74, 6) is 1.60. The number of amidine groups is 1. The van der Waals surface area contributed by atoms with Crippen LogP contribution in [0.15, 0.2) is 77.6 Å². The Hall–Kier alpha value is -4.20. The lowest BCUT2D eigenvalue weighted by molar-refractivity contribution is 0.627. The minimum absolute atomic E-state index is 0.298. The van der Waals surface area contributed by atoms with Crippen LogP contribution in [0.3, 0.4) is 0 Å². The predicted molar refractivity (Wildman–Crippen MR) is 126 cm³/mol. The molecule has 0 unspecified atom stereocenters. The minimum atomic E-state index is -0.298. The average molecular weight is 427 g/mol. The fourth-order valence-corrected chi connectivity index (χ4v) is 3.01. The first-order valence-electron chi connectivity index (χ1n) is 10.2. The van der Waals surface area contributed by atoms with Gasteiger partial charge in [-0.3, -0.25) is 9.98 Å². The summed E-state index contributed by atoms with van der Waals surface area (Å²) in [4.78, 5) is 21.9. The molecule has 0 atom stereocenters. The van der Waals surface area contributed by atoms with Gasteiger partial charge in [0, 0.05) is 18.9 Å². The van der Waals surface area contributed by atoms with Crippen molar-refractivity contribution in [2.75, 3.05) is 17.2 Å². The second-order valence-corrected chi connectivity index (χ2v) is 6.98. The van der Waals surface area contributed by atoms with Gasteiger partial charge < -0.3 is 10.6 Å². The summed E-state index contributed by atoms with van der Waals surface area (Å²) in [6.45, 7) is 3.11. The summed E-state index contributed by atoms with van der Waals surface area (Å²) in [6.07, 6.45) is 12.9. The number of halogens is 1. The molecule has 0 saturated carbocycles. The third-order valence-electron chi connectivity index (χ3n) is 4.50. The third kappa shape index (κ3) is 5.91. The highest BCUT2D eigenvalue weighted by Crippen LogP contribution is 2.14. The van der Waals surface area contributed by atoms with Crippen molar-refractivity contribution in [2.24, 2.45) is 4.99 Å². The largest absolute Gasteiger partial charge is 0.350 e. The summed E-state index contributed by atoms with van der Waals surface area (Å²) in [6, 6.07) is 10.1. The first kappa shape index (κ1) is 21.0. The Kier molecular flexibility index (Phi) is 6.72. The van der Waals surface area contributed by atoms with E-state index >= 15 is 0 Å². The summed E-state index contributed by atoms with van der Waals surface area (Å²) in [7, 11) is 0. The molecule has 0 aliphatic carbocycles. The molecule has 1 aliphatic rings. The van der Waals surface area contributed by atoms with E-state index in [1.807, 2.05) is 43.4 Å². The van der Waals surface area contributed by atoms with E-state index in [2.05, 4.69) is 35.6 Å². The highest BCUT2D eigenvalue weighted by molar-refractivity contribution is 6.05. The van der Waals surface area contributed by atoms with Crippen LogP contribution < -0.4 is 10.6 Å². The van der Waals surface area contributed by atoms with Gasteiger partial charge in [-0.05, 0) is 60.0 Å². The van der Waals surface area contributed by atoms with Crippen LogP contribution in [0.2, 0.25) is 0 Å². The lowest BCUT2D eigenvalue weighted by Crippen LogP contribution is -2.14. The third-order valence-corrected chi connectivity index (χ3v) is 4.50. The Labute approximate surface area is 185 Å². The Bertz CT molecular complexity index is 1200. The molecular formula is C24H22FN7. The van der Waals surface area contributed by atoms with Gasteiger partial charge in [0.15, 0.2) is 5.82 Å². The van der Waals surface area contributed by atoms with Crippen LogP contribution >= 0.6 is 0 Å². The smallest absolute Gasteiger partial charge is 0.233 e. The molecule has 1 aliphatic heterocycles. The number of hydrogen-bond acceptors (Lipinski definition) is 7. The van der Waals surface area contributed by atoms with Gasteiger partial charge >= 0.3 is 0 Å². The molecule has 2 N–H and O–H groups in total. The van der Waals surface area contributed by atoms with E-state index < -0.39 is 0 Å². The lowest BCUT2D eigenvalue weighted by atomic mass is 10.2. The molecule has 3 heterocycles. The molecule has 0 spiro atoms. The minimum Gasteiger partial charge on any atom is -0.350 e. The van der Waals surface area contributed by atoms with E-state index in [1.54, 1.807) is 30.6 Å². The van der Waals surface area contributed by atoms with Crippen molar-refractivity contribution in [3.63, 3.8) is 0 Å². The number of aliphatic imine (C=N–C) groups is 1. The van der Waals surface area contributed by atoms with Crippen LogP contribution in [-0.2, 0) is 6.54 Å². The van der Waals surface area contributed by atoms with E-state index in [0.717, 1.165) is 11.1 Å². The number of rotatable bonds is 7. The number of anilines is 2. The fourth-order valence-electron chi connectivity index (χ4n) is 3.01. The van der Waals surface area contributed by atoms with E-state index in [-0.39, 0.29) is 5.82 Å². The van der Waals surface area contributed by atoms with Gasteiger partial charge in [0.1, 0.15) is 11.7 Å². The normalized spacial score (nSPS) is 13.4. The maximum absolute atomic E-state index is 13.5. The highest BCUT2D eigenvalue weighted by atomic mass is 19.1. The van der Waals surface area contributed by atoms with Crippen molar-refractivity contribution < 1.29 is 4.39 Å². The molecule has 0 amide bonds. The Morgan fingerprint density at radius 1 is 1.00 bits per heavy atom. The summed E-state index contributed by atoms with van der Waals surface area (Å²) in [5, 5.41) is 6.36. The van der Waals surface area contributed by atoms with Gasteiger partial charge in [-0.25, -0.2) is 4.39 Å². The van der Waals surface area contributed by atoms with Crippen molar-refractivity contribution in [3.8, 4) is 0 Å². The number of nitrogens with one attached hydrogen (secondary N) is 2. The molecule has 0 saturated heterocycles. The molecule has 0 radical (unpaired) electrons. The van der Waals surface area contributed by atoms with Crippen molar-refractivity contribution in [2.45, 2.75) is 13.5 Å². The molecule has 7 nitrogen and oxygen atoms in total. The predicted octanol–water partition coefficient (Wildman–Crippen LogP) is 4.51. The van der Waals surface area contributed by atoms with Crippen LogP contribution in [-0.4, -0.2) is 32.3 Å². The lowest BCUT2D eigenvalue weighted by Gasteiger charge is -2.08. The van der Waals surface area contributed by atoms with Crippen molar-refractivity contribution in [1.29, 1.82) is 0 Å². The molecule has 160 valence electrons. The van der Waals surface area contributed by atoms with Crippen molar-refractivity contribution in [3.05, 3.63) is 95.4 Å². The second kappa shape index (κ2) is 10.2. The Morgan fingerprint density at radius 2 is 1.84 bits per heavy atom. The van der Waals surface area contributed by atoms with Gasteiger partial charge in [-0.15, -0.1) is 0 Å². The standard InChI is InChI=1S/C24H22FN7/c1-2-4-19-14-22(27-16-19)31-24-30-21(8-7-17-5-3-6-20(25)13-17)29-23(32-24)28-15-18-9-11-26-12-10-18/h2-14H,15-16H2,1H3,(H2,27,28,29,30,31,32)/b4-2+,8-7+. The number of nitrogens with zero attached hydrogens (tertiary/aromatic N) is 5. The zero-order chi connectivity index (χ0) is 22.2. The van der Waals surface area contributed by atoms with E-state index in [0.29, 0.717) is 42.2 Å². The van der Waals surface area contributed by atoms with Gasteiger partial charge in [0.2, 0.25) is 11.9 Å². The van der Waals surface area contributed by atoms with Gasteiger partial charge in [0.05, 0.1) is 6.54 Å². The maximum Gasteiger partial charge on any atom is 0.233 e. The number of benzene rings is 1. The Morgan fingerprint density at radius 3 is 2.66 bits per heavy atom. The average Bonchev–Trinajstić information content (AvgIpc) is 3.24. The molecule has 4 rings (SSSR count). The summed E-state index contributed by atoms with van der Waals surface area (Å²) >= 11 is 0. The molecule has 1 aromatic carbocycles. The molecule has 0 fully saturated rings. The van der Waals surface area contributed by atoms with Crippen LogP contribution in [0.4, 0.5) is 16.3 Å². The van der Waals surface area contributed by atoms with E-state index in [4.69, 9.17) is 0 Å². The van der Waals surface area contributed by atoms with Crippen molar-refractivity contribution in [1.82, 2.24) is 19.9 Å². The zero-order valence-corrected chi connectivity index (χ0v) is 17.5. The van der Waals surface area contributed by atoms with Gasteiger partial charge in [-0.1, -0.05) is 30.4 Å². The Balaban J connectivity index is 1.57. The van der Waals surface area contributed by atoms with E-state index in [9.17, 15) is 4.39 Å². The van der Waals surface area contributed by atoms with Crippen molar-refractivity contribution >= 4 is 29.9 Å². The molecule has 32 heavy (non-hydrogen) atoms. The number of allylic oxidation sites excluding steroid dienone is 1. The quantitative estimate of drug-likeness (QED) is 0.577. The van der Waals surface area contributed by atoms with E-state index in [1.165, 1.54) is 12.1 Å². The molecule has 8 heteroatoms. The first-order chi connectivity index (χ1) is 15.7. The molecule has 0 bridgehead atoms. The highest BCUT2D eigenvalue weighted by Gasteiger charge is 2.10. The first-order valence-corrected chi connectivity index (χ1v) is 10.2. The van der Waals surface area contributed by atoms with Crippen LogP contribution in [0.5, 0.6) is 0 Å². The van der Waals surface area contributed by atoms with Crippen LogP contribution in [0.25, 0.3) is 12.2 Å². The fraction of sp³-hybridized carbons (Fsp3) is 0.125. The number of pyridine rings is 1. The second-order valence-electron chi connectivity index (χ2n) is 6.98. The van der Waals surface area contributed by atoms with Gasteiger partial charge in [-0.2, -0.15) is 15.0 Å². The summed E-state index contributed by atoms with van der Waals surface area (Å²) < 4.78 is 13.5. The molecule has 2 aromatic heterocycles. The van der Waals surface area contributed by atoms with Crippen LogP contribution in [0, 0.1) is 5.82 Å². The number of aromatic nitrogens is 4. The zero-order valence-electron chi connectivity index (χ0n) is 17.5.